The third kappa shape index (κ3) is 3.78. The minimum absolute atomic E-state index is 0.0221. The van der Waals surface area contributed by atoms with Crippen LogP contribution in [0.15, 0.2) is 85.2 Å². The Bertz CT molecular complexity index is 1450. The molecule has 3 heterocycles. The second kappa shape index (κ2) is 8.98. The summed E-state index contributed by atoms with van der Waals surface area (Å²) in [5.41, 5.74) is 1.33. The van der Waals surface area contributed by atoms with E-state index in [0.717, 1.165) is 4.90 Å². The number of para-hydroxylation sites is 1. The molecule has 2 amide bonds. The summed E-state index contributed by atoms with van der Waals surface area (Å²) >= 11 is 0. The summed E-state index contributed by atoms with van der Waals surface area (Å²) in [6.07, 6.45) is 4.41. The van der Waals surface area contributed by atoms with Crippen LogP contribution in [0.4, 0.5) is 10.1 Å². The molecule has 1 aliphatic rings. The van der Waals surface area contributed by atoms with E-state index in [0.29, 0.717) is 24.2 Å². The zero-order chi connectivity index (χ0) is 24.5. The molecular formula is C27H21FN4O3. The number of amides is 2. The van der Waals surface area contributed by atoms with Gasteiger partial charge in [0.1, 0.15) is 11.4 Å². The van der Waals surface area contributed by atoms with Gasteiger partial charge in [0.05, 0.1) is 17.1 Å². The van der Waals surface area contributed by atoms with Crippen molar-refractivity contribution in [1.29, 1.82) is 0 Å². The largest absolute Gasteiger partial charge is 0.858 e. The lowest BCUT2D eigenvalue weighted by molar-refractivity contribution is -0.576. The fraction of sp³-hybridized carbons (Fsp3) is 0.111. The normalized spacial score (nSPS) is 13.7. The predicted molar refractivity (Wildman–Crippen MR) is 126 cm³/mol. The van der Waals surface area contributed by atoms with Crippen LogP contribution in [-0.2, 0) is 16.0 Å². The number of pyridine rings is 1. The molecule has 174 valence electrons. The van der Waals surface area contributed by atoms with Crippen LogP contribution < -0.4 is 14.6 Å². The van der Waals surface area contributed by atoms with E-state index in [4.69, 9.17) is 0 Å². The van der Waals surface area contributed by atoms with Gasteiger partial charge in [-0.2, -0.15) is 9.67 Å². The predicted octanol–water partition coefficient (Wildman–Crippen LogP) is 3.27. The number of carbonyl (C=O) groups is 2. The summed E-state index contributed by atoms with van der Waals surface area (Å²) < 4.78 is 16.3. The molecule has 2 aromatic carbocycles. The van der Waals surface area contributed by atoms with Gasteiger partial charge < -0.3 is 5.11 Å². The number of nitrogens with zero attached hydrogens (tertiary/aromatic N) is 4. The van der Waals surface area contributed by atoms with Crippen LogP contribution in [0.5, 0.6) is 5.88 Å². The molecule has 2 aromatic heterocycles. The molecule has 0 saturated heterocycles. The third-order valence-electron chi connectivity index (χ3n) is 5.77. The zero-order valence-electron chi connectivity index (χ0n) is 18.9. The zero-order valence-corrected chi connectivity index (χ0v) is 18.9. The van der Waals surface area contributed by atoms with Crippen molar-refractivity contribution in [3.05, 3.63) is 102 Å². The maximum absolute atomic E-state index is 13.8. The van der Waals surface area contributed by atoms with Crippen molar-refractivity contribution >= 4 is 28.8 Å². The Morgan fingerprint density at radius 2 is 1.54 bits per heavy atom. The van der Waals surface area contributed by atoms with Crippen LogP contribution in [0, 0.1) is 5.82 Å². The molecule has 0 aliphatic carbocycles. The number of anilines is 1. The van der Waals surface area contributed by atoms with Gasteiger partial charge >= 0.3 is 5.91 Å². The number of hydrogen-bond acceptors (Lipinski definition) is 4. The SMILES string of the molecule is CCCc1nn(-c2ccccc2)c([O-])c1C1=C([n+]2ccccc2)C(=O)N(c2ccc(F)cc2)C1=O. The minimum Gasteiger partial charge on any atom is -0.858 e. The fourth-order valence-corrected chi connectivity index (χ4v) is 4.21. The molecule has 8 heteroatoms. The average molecular weight is 468 g/mol. The Balaban J connectivity index is 1.76. The quantitative estimate of drug-likeness (QED) is 0.321. The van der Waals surface area contributed by atoms with E-state index in [1.807, 2.05) is 13.0 Å². The van der Waals surface area contributed by atoms with Gasteiger partial charge in [-0.05, 0) is 48.7 Å². The second-order valence-electron chi connectivity index (χ2n) is 8.05. The standard InChI is InChI=1S/C27H21FN4O3/c1-2-9-21-22(26(34)32(29-21)20-10-5-3-6-11-20)23-24(30-16-7-4-8-17-30)27(35)31(25(23)33)19-14-12-18(28)13-15-19/h3-8,10-17H,2,9H2,1H3. The van der Waals surface area contributed by atoms with E-state index >= 15 is 0 Å². The van der Waals surface area contributed by atoms with E-state index in [1.165, 1.54) is 33.5 Å². The van der Waals surface area contributed by atoms with Crippen LogP contribution in [0.1, 0.15) is 24.6 Å². The summed E-state index contributed by atoms with van der Waals surface area (Å²) in [5.74, 6) is -2.24. The van der Waals surface area contributed by atoms with Crippen molar-refractivity contribution in [3.63, 3.8) is 0 Å². The molecule has 0 saturated carbocycles. The molecule has 4 aromatic rings. The molecule has 35 heavy (non-hydrogen) atoms. The van der Waals surface area contributed by atoms with Gasteiger partial charge in [0.2, 0.25) is 0 Å². The number of imide groups is 1. The van der Waals surface area contributed by atoms with Gasteiger partial charge in [0, 0.05) is 17.7 Å². The van der Waals surface area contributed by atoms with Crippen LogP contribution in [-0.4, -0.2) is 21.6 Å². The number of aromatic nitrogens is 3. The van der Waals surface area contributed by atoms with Crippen LogP contribution in [0.25, 0.3) is 17.0 Å². The highest BCUT2D eigenvalue weighted by molar-refractivity contribution is 6.53. The van der Waals surface area contributed by atoms with Gasteiger partial charge in [0.25, 0.3) is 11.6 Å². The number of rotatable bonds is 6. The van der Waals surface area contributed by atoms with E-state index in [-0.39, 0.29) is 22.5 Å². The number of aryl methyl sites for hydroxylation is 1. The van der Waals surface area contributed by atoms with Crippen molar-refractivity contribution in [2.45, 2.75) is 19.8 Å². The summed E-state index contributed by atoms with van der Waals surface area (Å²) in [6.45, 7) is 1.95. The lowest BCUT2D eigenvalue weighted by Gasteiger charge is -2.15. The maximum Gasteiger partial charge on any atom is 0.331 e. The van der Waals surface area contributed by atoms with Crippen molar-refractivity contribution in [3.8, 4) is 11.6 Å². The Kier molecular flexibility index (Phi) is 5.70. The first kappa shape index (κ1) is 22.2. The van der Waals surface area contributed by atoms with Gasteiger partial charge in [-0.25, -0.2) is 14.0 Å². The monoisotopic (exact) mass is 468 g/mol. The summed E-state index contributed by atoms with van der Waals surface area (Å²) in [6, 6.07) is 19.2. The smallest absolute Gasteiger partial charge is 0.331 e. The van der Waals surface area contributed by atoms with Crippen LogP contribution in [0.3, 0.4) is 0 Å². The molecular weight excluding hydrogens is 447 g/mol. The van der Waals surface area contributed by atoms with Gasteiger partial charge in [-0.3, -0.25) is 9.59 Å². The first-order chi connectivity index (χ1) is 17.0. The maximum atomic E-state index is 13.8. The number of carbonyl (C=O) groups excluding carboxylic acids is 2. The molecule has 0 atom stereocenters. The summed E-state index contributed by atoms with van der Waals surface area (Å²) in [4.78, 5) is 28.4. The number of hydrogen-bond donors (Lipinski definition) is 0. The first-order valence-electron chi connectivity index (χ1n) is 11.2. The molecule has 0 radical (unpaired) electrons. The molecule has 5 rings (SSSR count). The molecule has 1 aliphatic heterocycles. The van der Waals surface area contributed by atoms with E-state index < -0.39 is 23.5 Å². The topological polar surface area (TPSA) is 82.1 Å². The Labute approximate surface area is 201 Å². The van der Waals surface area contributed by atoms with E-state index in [2.05, 4.69) is 5.10 Å². The van der Waals surface area contributed by atoms with Crippen molar-refractivity contribution < 1.29 is 23.7 Å². The average Bonchev–Trinajstić information content (AvgIpc) is 3.33. The van der Waals surface area contributed by atoms with Crippen molar-refractivity contribution in [2.24, 2.45) is 0 Å². The van der Waals surface area contributed by atoms with Crippen molar-refractivity contribution in [2.75, 3.05) is 4.90 Å². The lowest BCUT2D eigenvalue weighted by atomic mass is 10.0. The van der Waals surface area contributed by atoms with Gasteiger partial charge in [0.15, 0.2) is 12.4 Å². The number of benzene rings is 2. The molecule has 0 spiro atoms. The first-order valence-corrected chi connectivity index (χ1v) is 11.2. The summed E-state index contributed by atoms with van der Waals surface area (Å²) in [7, 11) is 0. The van der Waals surface area contributed by atoms with E-state index in [1.54, 1.807) is 54.9 Å². The van der Waals surface area contributed by atoms with E-state index in [9.17, 15) is 19.1 Å². The third-order valence-corrected chi connectivity index (χ3v) is 5.77. The van der Waals surface area contributed by atoms with Crippen molar-refractivity contribution in [1.82, 2.24) is 9.78 Å². The Morgan fingerprint density at radius 1 is 0.886 bits per heavy atom. The fourth-order valence-electron chi connectivity index (χ4n) is 4.21. The van der Waals surface area contributed by atoms with Crippen LogP contribution >= 0.6 is 0 Å². The molecule has 0 fully saturated rings. The molecule has 0 N–H and O–H groups in total. The van der Waals surface area contributed by atoms with Gasteiger partial charge in [-0.15, -0.1) is 0 Å². The number of halogens is 1. The molecule has 0 unspecified atom stereocenters. The Hall–Kier alpha value is -4.59. The highest BCUT2D eigenvalue weighted by atomic mass is 19.1. The minimum atomic E-state index is -0.657. The van der Waals surface area contributed by atoms with Gasteiger partial charge in [-0.1, -0.05) is 37.6 Å². The Morgan fingerprint density at radius 3 is 2.20 bits per heavy atom. The highest BCUT2D eigenvalue weighted by Gasteiger charge is 2.47. The molecule has 7 nitrogen and oxygen atoms in total. The van der Waals surface area contributed by atoms with Crippen LogP contribution in [0.2, 0.25) is 0 Å². The second-order valence-corrected chi connectivity index (χ2v) is 8.05. The summed E-state index contributed by atoms with van der Waals surface area (Å²) in [5, 5.41) is 18.2. The lowest BCUT2D eigenvalue weighted by Crippen LogP contribution is -2.39. The molecule has 0 bridgehead atoms. The highest BCUT2D eigenvalue weighted by Crippen LogP contribution is 2.39.